The summed E-state index contributed by atoms with van der Waals surface area (Å²) in [6, 6.07) is 0. The predicted molar refractivity (Wildman–Crippen MR) is 125 cm³/mol. The highest BCUT2D eigenvalue weighted by Crippen LogP contribution is 2.20. The summed E-state index contributed by atoms with van der Waals surface area (Å²) in [4.78, 5) is 12.0. The number of esters is 1. The normalized spacial score (nSPS) is 22.0. The molecule has 0 saturated carbocycles. The molecule has 0 N–H and O–H groups in total. The summed E-state index contributed by atoms with van der Waals surface area (Å²) in [7, 11) is 2.31. The van der Waals surface area contributed by atoms with Gasteiger partial charge < -0.3 is 9.22 Å². The lowest BCUT2D eigenvalue weighted by atomic mass is 10.0. The number of nitrogens with zero attached hydrogens (tertiary/aromatic N) is 1. The van der Waals surface area contributed by atoms with Gasteiger partial charge in [0.05, 0.1) is 26.7 Å². The summed E-state index contributed by atoms with van der Waals surface area (Å²) in [6.45, 7) is 8.01. The lowest BCUT2D eigenvalue weighted by Crippen LogP contribution is -2.51. The molecular formula is C26H52NO2+. The topological polar surface area (TPSA) is 26.3 Å². The van der Waals surface area contributed by atoms with Crippen molar-refractivity contribution in [3.05, 3.63) is 0 Å². The molecule has 1 aliphatic heterocycles. The van der Waals surface area contributed by atoms with Gasteiger partial charge in [-0.2, -0.15) is 0 Å². The fraction of sp³-hybridized carbons (Fsp3) is 0.962. The molecule has 1 heterocycles. The van der Waals surface area contributed by atoms with Crippen LogP contribution >= 0.6 is 0 Å². The van der Waals surface area contributed by atoms with Crippen LogP contribution in [-0.2, 0) is 9.53 Å². The Morgan fingerprint density at radius 1 is 0.724 bits per heavy atom. The Kier molecular flexibility index (Phi) is 15.6. The van der Waals surface area contributed by atoms with Gasteiger partial charge in [0.15, 0.2) is 0 Å². The van der Waals surface area contributed by atoms with E-state index in [1.54, 1.807) is 0 Å². The standard InChI is InChI=1S/C26H52NO2/c1-4-6-7-8-9-10-11-12-13-14-15-16-17-18-19-20-26(28)29-25-21-23-27(3,5-2)24-22-25/h25H,4-24H2,1-3H3/q+1. The van der Waals surface area contributed by atoms with Crippen LogP contribution < -0.4 is 0 Å². The zero-order valence-electron chi connectivity index (χ0n) is 20.2. The minimum atomic E-state index is 0.0392. The van der Waals surface area contributed by atoms with E-state index in [2.05, 4.69) is 20.9 Å². The van der Waals surface area contributed by atoms with E-state index in [1.807, 2.05) is 0 Å². The van der Waals surface area contributed by atoms with Crippen LogP contribution in [0, 0.1) is 0 Å². The Bertz CT molecular complexity index is 388. The highest BCUT2D eigenvalue weighted by molar-refractivity contribution is 5.69. The zero-order valence-corrected chi connectivity index (χ0v) is 20.2. The molecule has 0 aromatic rings. The first-order valence-electron chi connectivity index (χ1n) is 13.1. The quantitative estimate of drug-likeness (QED) is 0.133. The monoisotopic (exact) mass is 410 g/mol. The summed E-state index contributed by atoms with van der Waals surface area (Å²) >= 11 is 0. The first-order valence-corrected chi connectivity index (χ1v) is 13.1. The number of piperidine rings is 1. The second-order valence-electron chi connectivity index (χ2n) is 9.77. The number of unbranched alkanes of at least 4 members (excludes halogenated alkanes) is 14. The second-order valence-corrected chi connectivity index (χ2v) is 9.77. The van der Waals surface area contributed by atoms with Gasteiger partial charge in [-0.1, -0.05) is 96.8 Å². The van der Waals surface area contributed by atoms with E-state index in [0.29, 0.717) is 6.42 Å². The van der Waals surface area contributed by atoms with Gasteiger partial charge in [-0.3, -0.25) is 4.79 Å². The van der Waals surface area contributed by atoms with Crippen molar-refractivity contribution in [2.24, 2.45) is 0 Å². The van der Waals surface area contributed by atoms with Gasteiger partial charge in [0.25, 0.3) is 0 Å². The van der Waals surface area contributed by atoms with Gasteiger partial charge in [-0.15, -0.1) is 0 Å². The molecule has 1 saturated heterocycles. The van der Waals surface area contributed by atoms with E-state index in [0.717, 1.165) is 36.8 Å². The number of likely N-dealkylation sites (tertiary alicyclic amines) is 1. The Balaban J connectivity index is 1.81. The predicted octanol–water partition coefficient (Wildman–Crippen LogP) is 7.42. The fourth-order valence-electron chi connectivity index (χ4n) is 4.49. The van der Waals surface area contributed by atoms with Gasteiger partial charge in [-0.25, -0.2) is 0 Å². The molecule has 0 unspecified atom stereocenters. The van der Waals surface area contributed by atoms with Crippen molar-refractivity contribution in [3.63, 3.8) is 0 Å². The molecule has 29 heavy (non-hydrogen) atoms. The van der Waals surface area contributed by atoms with Crippen molar-refractivity contribution in [1.82, 2.24) is 0 Å². The van der Waals surface area contributed by atoms with Crippen LogP contribution in [0.1, 0.15) is 129 Å². The number of quaternary nitrogens is 1. The van der Waals surface area contributed by atoms with Gasteiger partial charge in [0.1, 0.15) is 6.10 Å². The summed E-state index contributed by atoms with van der Waals surface area (Å²) < 4.78 is 6.83. The Hall–Kier alpha value is -0.570. The Morgan fingerprint density at radius 3 is 1.55 bits per heavy atom. The lowest BCUT2D eigenvalue weighted by Gasteiger charge is -2.39. The van der Waals surface area contributed by atoms with Gasteiger partial charge >= 0.3 is 5.97 Å². The van der Waals surface area contributed by atoms with Crippen LogP contribution in [0.2, 0.25) is 0 Å². The minimum Gasteiger partial charge on any atom is -0.462 e. The molecule has 0 aromatic heterocycles. The maximum absolute atomic E-state index is 12.0. The van der Waals surface area contributed by atoms with E-state index in [4.69, 9.17) is 4.74 Å². The minimum absolute atomic E-state index is 0.0392. The van der Waals surface area contributed by atoms with Crippen molar-refractivity contribution in [3.8, 4) is 0 Å². The number of carbonyl (C=O) groups is 1. The van der Waals surface area contributed by atoms with E-state index in [1.165, 1.54) is 96.4 Å². The van der Waals surface area contributed by atoms with Gasteiger partial charge in [0.2, 0.25) is 0 Å². The van der Waals surface area contributed by atoms with Crippen molar-refractivity contribution >= 4 is 5.97 Å². The van der Waals surface area contributed by atoms with Crippen molar-refractivity contribution in [2.45, 2.75) is 136 Å². The molecule has 0 radical (unpaired) electrons. The summed E-state index contributed by atoms with van der Waals surface area (Å²) in [5, 5.41) is 0. The third kappa shape index (κ3) is 14.1. The van der Waals surface area contributed by atoms with Crippen LogP contribution in [0.3, 0.4) is 0 Å². The van der Waals surface area contributed by atoms with Crippen LogP contribution in [0.15, 0.2) is 0 Å². The first-order chi connectivity index (χ1) is 14.1. The smallest absolute Gasteiger partial charge is 0.306 e. The second kappa shape index (κ2) is 17.1. The van der Waals surface area contributed by atoms with Crippen LogP contribution in [-0.4, -0.2) is 43.2 Å². The number of hydrogen-bond donors (Lipinski definition) is 0. The van der Waals surface area contributed by atoms with Crippen LogP contribution in [0.5, 0.6) is 0 Å². The van der Waals surface area contributed by atoms with Crippen LogP contribution in [0.25, 0.3) is 0 Å². The third-order valence-electron chi connectivity index (χ3n) is 7.03. The average Bonchev–Trinajstić information content (AvgIpc) is 2.72. The largest absolute Gasteiger partial charge is 0.462 e. The SMILES string of the molecule is CCCCCCCCCCCCCCCCCC(=O)OC1CC[N+](C)(CC)CC1. The molecule has 0 atom stereocenters. The van der Waals surface area contributed by atoms with Crippen molar-refractivity contribution in [1.29, 1.82) is 0 Å². The zero-order chi connectivity index (χ0) is 21.2. The molecule has 0 aromatic carbocycles. The first kappa shape index (κ1) is 26.5. The molecular weight excluding hydrogens is 358 g/mol. The summed E-state index contributed by atoms with van der Waals surface area (Å²) in [5.41, 5.74) is 0. The summed E-state index contributed by atoms with van der Waals surface area (Å²) in [6.07, 6.45) is 23.3. The highest BCUT2D eigenvalue weighted by Gasteiger charge is 2.30. The number of rotatable bonds is 18. The Labute approximate surface area is 182 Å². The molecule has 0 spiro atoms. The van der Waals surface area contributed by atoms with E-state index in [-0.39, 0.29) is 12.1 Å². The number of ether oxygens (including phenoxy) is 1. The average molecular weight is 411 g/mol. The molecule has 1 rings (SSSR count). The molecule has 0 bridgehead atoms. The van der Waals surface area contributed by atoms with Gasteiger partial charge in [0, 0.05) is 19.3 Å². The van der Waals surface area contributed by atoms with E-state index < -0.39 is 0 Å². The maximum Gasteiger partial charge on any atom is 0.306 e. The highest BCUT2D eigenvalue weighted by atomic mass is 16.5. The number of hydrogen-bond acceptors (Lipinski definition) is 2. The summed E-state index contributed by atoms with van der Waals surface area (Å²) in [5.74, 6) is 0.0392. The maximum atomic E-state index is 12.0. The van der Waals surface area contributed by atoms with Crippen molar-refractivity contribution < 1.29 is 14.0 Å². The number of carbonyl (C=O) groups excluding carboxylic acids is 1. The molecule has 0 amide bonds. The molecule has 1 fully saturated rings. The van der Waals surface area contributed by atoms with E-state index in [9.17, 15) is 4.79 Å². The molecule has 3 nitrogen and oxygen atoms in total. The lowest BCUT2D eigenvalue weighted by molar-refractivity contribution is -0.913. The third-order valence-corrected chi connectivity index (χ3v) is 7.03. The van der Waals surface area contributed by atoms with Crippen molar-refractivity contribution in [2.75, 3.05) is 26.7 Å². The molecule has 172 valence electrons. The Morgan fingerprint density at radius 2 is 1.14 bits per heavy atom. The van der Waals surface area contributed by atoms with Gasteiger partial charge in [-0.05, 0) is 13.3 Å². The van der Waals surface area contributed by atoms with E-state index >= 15 is 0 Å². The van der Waals surface area contributed by atoms with Crippen LogP contribution in [0.4, 0.5) is 0 Å². The fourth-order valence-corrected chi connectivity index (χ4v) is 4.49. The molecule has 0 aliphatic carbocycles. The molecule has 1 aliphatic rings. The molecule has 3 heteroatoms.